The molecule has 0 aromatic carbocycles. The fraction of sp³-hybridized carbons (Fsp3) is 0.655. The predicted molar refractivity (Wildman–Crippen MR) is 154 cm³/mol. The van der Waals surface area contributed by atoms with Gasteiger partial charge in [0.2, 0.25) is 0 Å². The normalized spacial score (nSPS) is 21.8. The third-order valence-corrected chi connectivity index (χ3v) is 9.40. The molecule has 11 nitrogen and oxygen atoms in total. The summed E-state index contributed by atoms with van der Waals surface area (Å²) in [6.45, 7) is 10.4. The first-order chi connectivity index (χ1) is 19.6. The average Bonchev–Trinajstić information content (AvgIpc) is 3.69. The molecule has 2 aliphatic carbocycles. The van der Waals surface area contributed by atoms with Crippen LogP contribution in [0.3, 0.4) is 0 Å². The van der Waals surface area contributed by atoms with Crippen molar-refractivity contribution in [1.29, 1.82) is 0 Å². The van der Waals surface area contributed by atoms with Gasteiger partial charge in [0, 0.05) is 62.5 Å². The molecule has 4 heterocycles. The quantitative estimate of drug-likeness (QED) is 0.272. The van der Waals surface area contributed by atoms with E-state index >= 15 is 0 Å². The number of nitrogens with zero attached hydrogens (tertiary/aromatic N) is 7. The highest BCUT2D eigenvalue weighted by Gasteiger charge is 2.48. The lowest BCUT2D eigenvalue weighted by atomic mass is 9.76. The van der Waals surface area contributed by atoms with Gasteiger partial charge in [-0.2, -0.15) is 0 Å². The number of thioether (sulfide) groups is 1. The van der Waals surface area contributed by atoms with E-state index in [9.17, 15) is 9.59 Å². The van der Waals surface area contributed by atoms with Crippen LogP contribution in [0.2, 0.25) is 0 Å². The molecular formula is C29H39N7O4S. The maximum absolute atomic E-state index is 12.7. The van der Waals surface area contributed by atoms with Crippen LogP contribution < -0.4 is 9.64 Å². The van der Waals surface area contributed by atoms with Gasteiger partial charge in [-0.25, -0.2) is 19.6 Å². The number of ether oxygens (including phenoxy) is 2. The minimum absolute atomic E-state index is 0.321. The number of carbonyl (C=O) groups excluding carboxylic acids is 2. The minimum Gasteiger partial charge on any atom is -0.449 e. The van der Waals surface area contributed by atoms with Crippen molar-refractivity contribution in [3.8, 4) is 5.75 Å². The van der Waals surface area contributed by atoms with E-state index in [1.54, 1.807) is 11.8 Å². The number of carbonyl (C=O) groups is 2. The van der Waals surface area contributed by atoms with E-state index in [0.29, 0.717) is 41.8 Å². The van der Waals surface area contributed by atoms with Crippen LogP contribution in [-0.4, -0.2) is 80.0 Å². The highest BCUT2D eigenvalue weighted by Crippen LogP contribution is 2.50. The van der Waals surface area contributed by atoms with Gasteiger partial charge < -0.3 is 18.9 Å². The van der Waals surface area contributed by atoms with Crippen LogP contribution in [0.4, 0.5) is 5.82 Å². The summed E-state index contributed by atoms with van der Waals surface area (Å²) in [6.07, 6.45) is 7.96. The first kappa shape index (κ1) is 28.1. The zero-order valence-corrected chi connectivity index (χ0v) is 25.2. The molecule has 0 radical (unpaired) electrons. The second-order valence-corrected chi connectivity index (χ2v) is 13.6. The van der Waals surface area contributed by atoms with Gasteiger partial charge in [-0.1, -0.05) is 32.5 Å². The van der Waals surface area contributed by atoms with Gasteiger partial charge in [-0.15, -0.1) is 10.2 Å². The summed E-state index contributed by atoms with van der Waals surface area (Å²) >= 11 is 1.78. The molecule has 220 valence electrons. The molecular weight excluding hydrogens is 542 g/mol. The molecule has 2 aliphatic heterocycles. The number of esters is 2. The Morgan fingerprint density at radius 1 is 1.02 bits per heavy atom. The molecule has 3 fully saturated rings. The number of rotatable bonds is 7. The molecule has 0 atom stereocenters. The van der Waals surface area contributed by atoms with E-state index in [2.05, 4.69) is 52.4 Å². The molecule has 6 rings (SSSR count). The highest BCUT2D eigenvalue weighted by molar-refractivity contribution is 7.99. The van der Waals surface area contributed by atoms with E-state index in [4.69, 9.17) is 19.4 Å². The molecule has 41 heavy (non-hydrogen) atoms. The summed E-state index contributed by atoms with van der Waals surface area (Å²) in [7, 11) is 2.07. The lowest BCUT2D eigenvalue weighted by Crippen LogP contribution is -2.48. The zero-order valence-electron chi connectivity index (χ0n) is 24.4. The molecule has 0 N–H and O–H groups in total. The second-order valence-electron chi connectivity index (χ2n) is 12.5. The molecule has 2 aromatic rings. The van der Waals surface area contributed by atoms with Crippen LogP contribution in [0.5, 0.6) is 5.75 Å². The summed E-state index contributed by atoms with van der Waals surface area (Å²) in [5.74, 6) is 3.11. The molecule has 0 bridgehead atoms. The van der Waals surface area contributed by atoms with Crippen LogP contribution in [0.1, 0.15) is 82.6 Å². The highest BCUT2D eigenvalue weighted by atomic mass is 32.2. The Kier molecular flexibility index (Phi) is 7.56. The summed E-state index contributed by atoms with van der Waals surface area (Å²) in [5.41, 5.74) is -0.737. The van der Waals surface area contributed by atoms with E-state index in [-0.39, 0.29) is 5.41 Å². The Balaban J connectivity index is 1.15. The van der Waals surface area contributed by atoms with E-state index in [1.165, 1.54) is 12.8 Å². The summed E-state index contributed by atoms with van der Waals surface area (Å²) in [6, 6.07) is 0. The van der Waals surface area contributed by atoms with Crippen LogP contribution in [0.25, 0.3) is 0 Å². The molecule has 2 aromatic heterocycles. The van der Waals surface area contributed by atoms with E-state index in [0.717, 1.165) is 74.5 Å². The van der Waals surface area contributed by atoms with Crippen molar-refractivity contribution >= 4 is 29.5 Å². The fourth-order valence-corrected chi connectivity index (χ4v) is 6.40. The Bertz CT molecular complexity index is 1350. The number of anilines is 1. The number of fused-ring (bicyclic) bond motifs is 2. The molecule has 1 saturated heterocycles. The van der Waals surface area contributed by atoms with Crippen LogP contribution in [0.15, 0.2) is 17.3 Å². The van der Waals surface area contributed by atoms with Crippen LogP contribution >= 0.6 is 11.8 Å². The van der Waals surface area contributed by atoms with Crippen molar-refractivity contribution in [3.05, 3.63) is 29.5 Å². The first-order valence-electron chi connectivity index (χ1n) is 14.7. The van der Waals surface area contributed by atoms with Gasteiger partial charge in [0.1, 0.15) is 17.3 Å². The van der Waals surface area contributed by atoms with Crippen molar-refractivity contribution in [3.63, 3.8) is 0 Å². The van der Waals surface area contributed by atoms with Gasteiger partial charge >= 0.3 is 11.9 Å². The van der Waals surface area contributed by atoms with E-state index in [1.807, 2.05) is 0 Å². The van der Waals surface area contributed by atoms with Gasteiger partial charge in [-0.3, -0.25) is 4.90 Å². The second kappa shape index (κ2) is 11.0. The van der Waals surface area contributed by atoms with Crippen molar-refractivity contribution in [2.24, 2.45) is 7.05 Å². The summed E-state index contributed by atoms with van der Waals surface area (Å²) in [5, 5.41) is 9.77. The molecule has 4 aliphatic rings. The third kappa shape index (κ3) is 5.86. The maximum atomic E-state index is 12.7. The van der Waals surface area contributed by atoms with Crippen LogP contribution in [-0.2, 0) is 32.4 Å². The average molecular weight is 582 g/mol. The topological polar surface area (TPSA) is 116 Å². The SMILES string of the molecule is Cn1c(SCCCN2CCN(c3nc(C(C)(C)C)nc4c3OC(=O)/C=C/C(=O)OC43CCC3)CC2)nnc1C1CC1. The minimum atomic E-state index is -0.902. The van der Waals surface area contributed by atoms with Crippen LogP contribution in [0, 0.1) is 0 Å². The van der Waals surface area contributed by atoms with E-state index < -0.39 is 17.5 Å². The number of aromatic nitrogens is 5. The third-order valence-electron chi connectivity index (χ3n) is 8.30. The van der Waals surface area contributed by atoms with Gasteiger partial charge in [-0.05, 0) is 45.1 Å². The fourth-order valence-electron chi connectivity index (χ4n) is 5.56. The van der Waals surface area contributed by atoms with Crippen molar-refractivity contribution in [2.75, 3.05) is 43.4 Å². The molecule has 0 amide bonds. The number of hydrogen-bond acceptors (Lipinski definition) is 11. The van der Waals surface area contributed by atoms with Gasteiger partial charge in [0.25, 0.3) is 0 Å². The molecule has 1 spiro atoms. The number of hydrogen-bond donors (Lipinski definition) is 0. The largest absolute Gasteiger partial charge is 0.449 e. The Morgan fingerprint density at radius 3 is 2.41 bits per heavy atom. The maximum Gasteiger partial charge on any atom is 0.336 e. The van der Waals surface area contributed by atoms with Gasteiger partial charge in [0.05, 0.1) is 0 Å². The Hall–Kier alpha value is -2.99. The van der Waals surface area contributed by atoms with Crippen molar-refractivity contribution in [2.45, 2.75) is 81.4 Å². The molecule has 0 unspecified atom stereocenters. The van der Waals surface area contributed by atoms with Gasteiger partial charge in [0.15, 0.2) is 22.3 Å². The monoisotopic (exact) mass is 581 g/mol. The Morgan fingerprint density at radius 2 is 1.76 bits per heavy atom. The zero-order chi connectivity index (χ0) is 28.8. The van der Waals surface area contributed by atoms with Crippen molar-refractivity contribution in [1.82, 2.24) is 29.6 Å². The van der Waals surface area contributed by atoms with Crippen molar-refractivity contribution < 1.29 is 19.1 Å². The first-order valence-corrected chi connectivity index (χ1v) is 15.7. The molecule has 2 saturated carbocycles. The summed E-state index contributed by atoms with van der Waals surface area (Å²) < 4.78 is 13.9. The lowest BCUT2D eigenvalue weighted by Gasteiger charge is -2.42. The smallest absolute Gasteiger partial charge is 0.336 e. The lowest BCUT2D eigenvalue weighted by molar-refractivity contribution is -0.166. The standard InChI is InChI=1S/C29H39N7O4S/c1-28(2,3)26-30-23-22(39-20(37)9-10-21(38)40-29(23)11-5-12-29)25(31-26)36-16-14-35(15-17-36)13-6-18-41-27-33-32-24(34(27)4)19-7-8-19/h9-10,19H,5-8,11-18H2,1-4H3/b10-9+. The molecule has 12 heteroatoms. The predicted octanol–water partition coefficient (Wildman–Crippen LogP) is 3.48. The number of piperazine rings is 1. The Labute approximate surface area is 245 Å². The summed E-state index contributed by atoms with van der Waals surface area (Å²) in [4.78, 5) is 39.7.